The van der Waals surface area contributed by atoms with Crippen LogP contribution in [0.5, 0.6) is 5.75 Å². The number of nitrogens with zero attached hydrogens (tertiary/aromatic N) is 3. The molecule has 0 fully saturated rings. The van der Waals surface area contributed by atoms with Gasteiger partial charge in [-0.25, -0.2) is 0 Å². The van der Waals surface area contributed by atoms with Gasteiger partial charge in [0.05, 0.1) is 11.6 Å². The van der Waals surface area contributed by atoms with Crippen molar-refractivity contribution in [2.45, 2.75) is 13.3 Å². The first kappa shape index (κ1) is 24.7. The van der Waals surface area contributed by atoms with Crippen LogP contribution < -0.4 is 9.96 Å². The third-order valence-electron chi connectivity index (χ3n) is 7.14. The number of hydrogen-bond donors (Lipinski definition) is 0. The molecule has 40 heavy (non-hydrogen) atoms. The molecule has 2 aliphatic rings. The monoisotopic (exact) mass is 527 g/mol. The van der Waals surface area contributed by atoms with E-state index in [1.165, 1.54) is 24.3 Å². The van der Waals surface area contributed by atoms with Gasteiger partial charge in [-0.15, -0.1) is 13.2 Å². The van der Waals surface area contributed by atoms with Gasteiger partial charge >= 0.3 is 6.36 Å². The molecule has 0 amide bonds. The predicted octanol–water partition coefficient (Wildman–Crippen LogP) is 7.87. The van der Waals surface area contributed by atoms with E-state index in [9.17, 15) is 29.0 Å². The largest absolute Gasteiger partial charge is 0.573 e. The van der Waals surface area contributed by atoms with E-state index < -0.39 is 6.36 Å². The summed E-state index contributed by atoms with van der Waals surface area (Å²) in [5.41, 5.74) is 5.54. The standard InChI is InChI=1S/C33H16F3N3O/c1-18-5-7-19(8-6-18)27-29(22(16-38)17-39)28(20-9-12-23(13-10-20)40-33(34,35)36)31-25-4-2-3-24-21(15-37)11-14-26(30(24)25)32(27)31/h2-14H,1H3. The fraction of sp³-hybridized carbons (Fsp3) is 0.0606. The zero-order valence-electron chi connectivity index (χ0n) is 20.9. The van der Waals surface area contributed by atoms with Crippen LogP contribution in [0.15, 0.2) is 78.9 Å². The molecule has 0 spiro atoms. The van der Waals surface area contributed by atoms with Gasteiger partial charge in [0.2, 0.25) is 0 Å². The molecular weight excluding hydrogens is 511 g/mol. The molecule has 0 saturated heterocycles. The number of halogens is 3. The Morgan fingerprint density at radius 3 is 1.77 bits per heavy atom. The molecule has 0 unspecified atom stereocenters. The first-order valence-corrected chi connectivity index (χ1v) is 12.2. The average molecular weight is 528 g/mol. The summed E-state index contributed by atoms with van der Waals surface area (Å²) in [6.07, 6.45) is -4.84. The van der Waals surface area contributed by atoms with Gasteiger partial charge in [-0.1, -0.05) is 66.2 Å². The van der Waals surface area contributed by atoms with Crippen molar-refractivity contribution in [1.82, 2.24) is 0 Å². The summed E-state index contributed by atoms with van der Waals surface area (Å²) in [5.74, 6) is -0.381. The Hall–Kier alpha value is -5.58. The highest BCUT2D eigenvalue weighted by molar-refractivity contribution is 6.30. The van der Waals surface area contributed by atoms with Crippen molar-refractivity contribution in [2.75, 3.05) is 0 Å². The first-order valence-electron chi connectivity index (χ1n) is 12.2. The Morgan fingerprint density at radius 1 is 0.675 bits per heavy atom. The highest BCUT2D eigenvalue weighted by Crippen LogP contribution is 2.52. The Bertz CT molecular complexity index is 2070. The second-order valence-electron chi connectivity index (χ2n) is 9.41. The maximum absolute atomic E-state index is 12.8. The third kappa shape index (κ3) is 3.75. The fourth-order valence-corrected chi connectivity index (χ4v) is 5.59. The van der Waals surface area contributed by atoms with E-state index in [-0.39, 0.29) is 11.3 Å². The molecule has 0 atom stereocenters. The summed E-state index contributed by atoms with van der Waals surface area (Å²) >= 11 is 0. The van der Waals surface area contributed by atoms with Crippen LogP contribution in [0.25, 0.3) is 60.5 Å². The molecule has 190 valence electrons. The zero-order valence-corrected chi connectivity index (χ0v) is 20.9. The molecule has 2 aliphatic carbocycles. The summed E-state index contributed by atoms with van der Waals surface area (Å²) in [4.78, 5) is 0. The minimum atomic E-state index is -4.84. The number of hydrogen-bond acceptors (Lipinski definition) is 4. The van der Waals surface area contributed by atoms with Crippen LogP contribution in [-0.4, -0.2) is 6.36 Å². The van der Waals surface area contributed by atoms with Crippen LogP contribution in [-0.2, 0) is 0 Å². The third-order valence-corrected chi connectivity index (χ3v) is 7.14. The van der Waals surface area contributed by atoms with Gasteiger partial charge < -0.3 is 4.74 Å². The Balaban J connectivity index is 1.83. The van der Waals surface area contributed by atoms with Crippen LogP contribution in [0.4, 0.5) is 13.2 Å². The number of ether oxygens (including phenoxy) is 1. The summed E-state index contributed by atoms with van der Waals surface area (Å²) < 4.78 is 42.6. The molecular formula is C33H16F3N3O. The van der Waals surface area contributed by atoms with E-state index in [0.29, 0.717) is 27.5 Å². The number of nitriles is 3. The van der Waals surface area contributed by atoms with E-state index in [1.54, 1.807) is 6.07 Å². The molecule has 4 nitrogen and oxygen atoms in total. The number of fused-ring (bicyclic) bond motifs is 3. The molecule has 4 aromatic rings. The number of rotatable bonds is 3. The SMILES string of the molecule is Cc1ccc(-c2c3c4ccc(C#N)c5cccc(c-3c(-c3ccc(OC(F)(F)F)cc3)c2=C(C#N)C#N)c54)cc1. The molecule has 0 aromatic heterocycles. The second kappa shape index (κ2) is 9.02. The van der Waals surface area contributed by atoms with Crippen LogP contribution in [0.1, 0.15) is 11.1 Å². The van der Waals surface area contributed by atoms with Crippen LogP contribution in [0.3, 0.4) is 0 Å². The quantitative estimate of drug-likeness (QED) is 0.235. The summed E-state index contributed by atoms with van der Waals surface area (Å²) in [6.45, 7) is 1.96. The van der Waals surface area contributed by atoms with Crippen molar-refractivity contribution < 1.29 is 17.9 Å². The van der Waals surface area contributed by atoms with E-state index in [4.69, 9.17) is 0 Å². The molecule has 0 bridgehead atoms. The van der Waals surface area contributed by atoms with Crippen molar-refractivity contribution >= 4 is 27.1 Å². The molecule has 0 heterocycles. The summed E-state index contributed by atoms with van der Waals surface area (Å²) in [7, 11) is 0. The summed E-state index contributed by atoms with van der Waals surface area (Å²) in [5, 5.41) is 33.6. The Morgan fingerprint density at radius 2 is 1.23 bits per heavy atom. The van der Waals surface area contributed by atoms with Crippen molar-refractivity contribution in [3.05, 3.63) is 95.2 Å². The smallest absolute Gasteiger partial charge is 0.406 e. The summed E-state index contributed by atoms with van der Waals surface area (Å²) in [6, 6.07) is 28.7. The molecule has 0 N–H and O–H groups in total. The zero-order chi connectivity index (χ0) is 28.2. The fourth-order valence-electron chi connectivity index (χ4n) is 5.59. The lowest BCUT2D eigenvalue weighted by molar-refractivity contribution is -0.274. The van der Waals surface area contributed by atoms with Crippen molar-refractivity contribution in [1.29, 1.82) is 15.8 Å². The molecule has 4 aromatic carbocycles. The average Bonchev–Trinajstić information content (AvgIpc) is 3.44. The minimum absolute atomic E-state index is 0.113. The lowest BCUT2D eigenvalue weighted by atomic mass is 9.96. The number of aryl methyl sites for hydroxylation is 1. The highest BCUT2D eigenvalue weighted by atomic mass is 19.4. The number of benzene rings is 4. The van der Waals surface area contributed by atoms with Gasteiger partial charge in [0, 0.05) is 21.7 Å². The van der Waals surface area contributed by atoms with Crippen LogP contribution in [0.2, 0.25) is 0 Å². The topological polar surface area (TPSA) is 80.6 Å². The molecule has 6 rings (SSSR count). The number of alkyl halides is 3. The van der Waals surface area contributed by atoms with Gasteiger partial charge in [-0.2, -0.15) is 15.8 Å². The highest BCUT2D eigenvalue weighted by Gasteiger charge is 2.32. The minimum Gasteiger partial charge on any atom is -0.406 e. The van der Waals surface area contributed by atoms with E-state index in [0.717, 1.165) is 43.8 Å². The van der Waals surface area contributed by atoms with Gasteiger partial charge in [0.25, 0.3) is 0 Å². The van der Waals surface area contributed by atoms with Gasteiger partial charge in [-0.05, 0) is 63.5 Å². The van der Waals surface area contributed by atoms with Crippen molar-refractivity contribution in [2.24, 2.45) is 0 Å². The Kier molecular flexibility index (Phi) is 5.58. The Labute approximate surface area is 226 Å². The van der Waals surface area contributed by atoms with E-state index >= 15 is 0 Å². The van der Waals surface area contributed by atoms with Crippen molar-refractivity contribution in [3.63, 3.8) is 0 Å². The van der Waals surface area contributed by atoms with Crippen LogP contribution >= 0.6 is 0 Å². The van der Waals surface area contributed by atoms with Gasteiger partial charge in [0.15, 0.2) is 0 Å². The second-order valence-corrected chi connectivity index (χ2v) is 9.41. The first-order chi connectivity index (χ1) is 19.3. The van der Waals surface area contributed by atoms with Gasteiger partial charge in [0.1, 0.15) is 23.5 Å². The van der Waals surface area contributed by atoms with Crippen LogP contribution in [0, 0.1) is 40.9 Å². The maximum Gasteiger partial charge on any atom is 0.573 e. The normalized spacial score (nSPS) is 11.4. The van der Waals surface area contributed by atoms with E-state index in [1.807, 2.05) is 67.6 Å². The lowest BCUT2D eigenvalue weighted by Crippen LogP contribution is -2.17. The molecule has 0 saturated carbocycles. The van der Waals surface area contributed by atoms with Crippen molar-refractivity contribution in [3.8, 4) is 57.3 Å². The molecule has 0 aliphatic heterocycles. The van der Waals surface area contributed by atoms with E-state index in [2.05, 4.69) is 10.8 Å². The molecule has 0 radical (unpaired) electrons. The lowest BCUT2D eigenvalue weighted by Gasteiger charge is -2.10. The molecule has 7 heteroatoms. The van der Waals surface area contributed by atoms with Gasteiger partial charge in [-0.3, -0.25) is 0 Å². The predicted molar refractivity (Wildman–Crippen MR) is 146 cm³/mol. The maximum atomic E-state index is 12.8.